The van der Waals surface area contributed by atoms with Crippen molar-refractivity contribution in [1.29, 1.82) is 5.26 Å². The quantitative estimate of drug-likeness (QED) is 0.271. The van der Waals surface area contributed by atoms with Crippen molar-refractivity contribution >= 4 is 20.3 Å². The molecule has 10 nitrogen and oxygen atoms in total. The van der Waals surface area contributed by atoms with Gasteiger partial charge in [0.05, 0.1) is 44.8 Å². The Morgan fingerprint density at radius 2 is 2.03 bits per heavy atom. The van der Waals surface area contributed by atoms with E-state index in [0.29, 0.717) is 19.6 Å². The number of carbonyl (C=O) groups is 2. The second kappa shape index (κ2) is 11.8. The number of amides is 1. The highest BCUT2D eigenvalue weighted by molar-refractivity contribution is 7.41. The first-order valence-electron chi connectivity index (χ1n) is 9.71. The summed E-state index contributed by atoms with van der Waals surface area (Å²) in [7, 11) is -0.140. The highest BCUT2D eigenvalue weighted by atomic mass is 31.2. The number of hydrogen-bond acceptors (Lipinski definition) is 9. The molecule has 1 N–H and O–H groups in total. The van der Waals surface area contributed by atoms with E-state index in [1.807, 2.05) is 6.07 Å². The second-order valence-electron chi connectivity index (χ2n) is 7.49. The topological polar surface area (TPSA) is 128 Å². The number of nitriles is 1. The molecule has 1 amide bonds. The second-order valence-corrected chi connectivity index (χ2v) is 8.72. The van der Waals surface area contributed by atoms with Gasteiger partial charge >= 0.3 is 8.60 Å². The third-order valence-electron chi connectivity index (χ3n) is 4.79. The summed E-state index contributed by atoms with van der Waals surface area (Å²) < 4.78 is 27.7. The first kappa shape index (κ1) is 24.8. The molecular formula is C19H29N2O8P. The Bertz CT molecular complexity index is 665. The van der Waals surface area contributed by atoms with Crippen LogP contribution in [0.5, 0.6) is 0 Å². The predicted octanol–water partition coefficient (Wildman–Crippen LogP) is 1.64. The Hall–Kier alpha value is -1.44. The van der Waals surface area contributed by atoms with E-state index in [4.69, 9.17) is 28.3 Å². The van der Waals surface area contributed by atoms with Crippen LogP contribution >= 0.6 is 8.60 Å². The van der Waals surface area contributed by atoms with Crippen LogP contribution in [0.3, 0.4) is 0 Å². The van der Waals surface area contributed by atoms with Gasteiger partial charge in [0.15, 0.2) is 5.78 Å². The summed E-state index contributed by atoms with van der Waals surface area (Å²) in [5.74, 6) is -0.642. The number of allylic oxidation sites excluding steroid dienone is 1. The summed E-state index contributed by atoms with van der Waals surface area (Å²) in [6.45, 7) is 4.60. The Morgan fingerprint density at radius 3 is 2.70 bits per heavy atom. The number of carbonyl (C=O) groups excluding carboxylic acids is 2. The van der Waals surface area contributed by atoms with Crippen LogP contribution in [0.25, 0.3) is 0 Å². The Kier molecular flexibility index (Phi) is 9.78. The van der Waals surface area contributed by atoms with Gasteiger partial charge in [-0.3, -0.25) is 14.5 Å². The molecule has 4 atom stereocenters. The van der Waals surface area contributed by atoms with Crippen LogP contribution in [-0.4, -0.2) is 73.7 Å². The number of aliphatic hydroxyl groups is 1. The summed E-state index contributed by atoms with van der Waals surface area (Å²) in [5, 5.41) is 19.4. The van der Waals surface area contributed by atoms with Gasteiger partial charge in [0.1, 0.15) is 12.3 Å². The molecule has 0 aromatic rings. The van der Waals surface area contributed by atoms with E-state index in [1.54, 1.807) is 21.0 Å². The lowest BCUT2D eigenvalue weighted by Crippen LogP contribution is -2.47. The van der Waals surface area contributed by atoms with Crippen molar-refractivity contribution in [3.63, 3.8) is 0 Å². The van der Waals surface area contributed by atoms with E-state index in [2.05, 4.69) is 0 Å². The van der Waals surface area contributed by atoms with Crippen LogP contribution in [0.4, 0.5) is 0 Å². The van der Waals surface area contributed by atoms with Crippen LogP contribution in [0.15, 0.2) is 12.3 Å². The van der Waals surface area contributed by atoms with Crippen LogP contribution in [-0.2, 0) is 32.6 Å². The molecule has 0 aromatic carbocycles. The molecule has 168 valence electrons. The summed E-state index contributed by atoms with van der Waals surface area (Å²) in [5.41, 5.74) is -0.793. The van der Waals surface area contributed by atoms with Gasteiger partial charge in [-0.1, -0.05) is 13.8 Å². The number of aliphatic hydroxyl groups excluding tert-OH is 1. The van der Waals surface area contributed by atoms with Gasteiger partial charge in [0.25, 0.3) is 0 Å². The minimum Gasteiger partial charge on any atom is -0.390 e. The zero-order valence-electron chi connectivity index (χ0n) is 17.5. The molecule has 1 fully saturated rings. The fourth-order valence-corrected chi connectivity index (χ4v) is 4.11. The lowest BCUT2D eigenvalue weighted by molar-refractivity contribution is -0.148. The molecule has 0 saturated carbocycles. The molecule has 2 aliphatic rings. The summed E-state index contributed by atoms with van der Waals surface area (Å²) in [6, 6.07) is 1.99. The van der Waals surface area contributed by atoms with Gasteiger partial charge in [-0.15, -0.1) is 0 Å². The number of ketones is 1. The minimum absolute atomic E-state index is 0.0195. The first-order chi connectivity index (χ1) is 14.3. The molecule has 0 aromatic heterocycles. The highest BCUT2D eigenvalue weighted by Crippen LogP contribution is 2.44. The monoisotopic (exact) mass is 444 g/mol. The Labute approximate surface area is 177 Å². The maximum absolute atomic E-state index is 12.3. The van der Waals surface area contributed by atoms with Gasteiger partial charge in [-0.2, -0.15) is 5.26 Å². The van der Waals surface area contributed by atoms with Gasteiger partial charge in [0.2, 0.25) is 5.91 Å². The van der Waals surface area contributed by atoms with Gasteiger partial charge in [0, 0.05) is 25.3 Å². The number of methoxy groups -OCH3 is 1. The van der Waals surface area contributed by atoms with Crippen molar-refractivity contribution in [2.75, 3.05) is 33.5 Å². The standard InChI is InChI=1S/C19H29N2O8P/c1-19(2)17(24)15(29-18(19)21-8-6-14(22)12-16(21)23)13-28-30(26-10-4-7-20)27-11-5-9-25-3/h6,8,15,17-18,24H,4-5,9-13H2,1-3H3/t15-,17-,18-,30?/m1/s1. The molecule has 30 heavy (non-hydrogen) atoms. The largest absolute Gasteiger partial charge is 0.390 e. The van der Waals surface area contributed by atoms with Crippen LogP contribution in [0, 0.1) is 16.7 Å². The van der Waals surface area contributed by atoms with Crippen molar-refractivity contribution in [2.45, 2.75) is 51.5 Å². The van der Waals surface area contributed by atoms with E-state index in [1.165, 1.54) is 17.2 Å². The number of ether oxygens (including phenoxy) is 2. The molecule has 2 aliphatic heterocycles. The van der Waals surface area contributed by atoms with Gasteiger partial charge in [-0.05, 0) is 12.5 Å². The smallest absolute Gasteiger partial charge is 0.332 e. The molecule has 0 spiro atoms. The Morgan fingerprint density at radius 1 is 1.30 bits per heavy atom. The van der Waals surface area contributed by atoms with E-state index < -0.39 is 32.5 Å². The average Bonchev–Trinajstić information content (AvgIpc) is 2.92. The molecule has 0 aliphatic carbocycles. The summed E-state index contributed by atoms with van der Waals surface area (Å²) in [4.78, 5) is 25.0. The predicted molar refractivity (Wildman–Crippen MR) is 106 cm³/mol. The van der Waals surface area contributed by atoms with Crippen molar-refractivity contribution in [2.24, 2.45) is 5.41 Å². The van der Waals surface area contributed by atoms with Crippen molar-refractivity contribution in [3.8, 4) is 6.07 Å². The number of hydrogen-bond donors (Lipinski definition) is 1. The van der Waals surface area contributed by atoms with Crippen molar-refractivity contribution in [3.05, 3.63) is 12.3 Å². The molecule has 11 heteroatoms. The molecule has 0 bridgehead atoms. The Balaban J connectivity index is 1.96. The molecule has 2 rings (SSSR count). The maximum atomic E-state index is 12.3. The zero-order chi connectivity index (χ0) is 22.1. The van der Waals surface area contributed by atoms with Crippen molar-refractivity contribution in [1.82, 2.24) is 4.90 Å². The molecule has 0 radical (unpaired) electrons. The lowest BCUT2D eigenvalue weighted by atomic mass is 9.84. The number of nitrogens with zero attached hydrogens (tertiary/aromatic N) is 2. The number of rotatable bonds is 12. The molecule has 2 heterocycles. The average molecular weight is 444 g/mol. The lowest BCUT2D eigenvalue weighted by Gasteiger charge is -2.35. The summed E-state index contributed by atoms with van der Waals surface area (Å²) >= 11 is 0. The fourth-order valence-electron chi connectivity index (χ4n) is 3.10. The van der Waals surface area contributed by atoms with Gasteiger partial charge < -0.3 is 28.2 Å². The molecule has 1 unspecified atom stereocenters. The maximum Gasteiger partial charge on any atom is 0.332 e. The fraction of sp³-hybridized carbons (Fsp3) is 0.737. The first-order valence-corrected chi connectivity index (χ1v) is 10.8. The highest BCUT2D eigenvalue weighted by Gasteiger charge is 2.53. The normalized spacial score (nSPS) is 26.8. The molecule has 1 saturated heterocycles. The third-order valence-corrected chi connectivity index (χ3v) is 5.93. The van der Waals surface area contributed by atoms with E-state index in [0.717, 1.165) is 0 Å². The van der Waals surface area contributed by atoms with Crippen molar-refractivity contribution < 1.29 is 37.7 Å². The zero-order valence-corrected chi connectivity index (χ0v) is 18.4. The third kappa shape index (κ3) is 6.53. The van der Waals surface area contributed by atoms with Crippen LogP contribution < -0.4 is 0 Å². The van der Waals surface area contributed by atoms with Crippen LogP contribution in [0.1, 0.15) is 33.1 Å². The van der Waals surface area contributed by atoms with E-state index >= 15 is 0 Å². The van der Waals surface area contributed by atoms with E-state index in [-0.39, 0.29) is 37.7 Å². The van der Waals surface area contributed by atoms with E-state index in [9.17, 15) is 14.7 Å². The van der Waals surface area contributed by atoms with Crippen LogP contribution in [0.2, 0.25) is 0 Å². The van der Waals surface area contributed by atoms with Gasteiger partial charge in [-0.25, -0.2) is 0 Å². The minimum atomic E-state index is -1.74. The summed E-state index contributed by atoms with van der Waals surface area (Å²) in [6.07, 6.45) is 0.953. The SMILES string of the molecule is COCCCOP(OCCC#N)OC[C@H]1O[C@@H](N2C=CC(=O)CC2=O)C(C)(C)[C@@H]1O. The molecular weight excluding hydrogens is 415 g/mol.